The molecule has 15 heavy (non-hydrogen) atoms. The molecular formula is C6H8F6O2S. The van der Waals surface area contributed by atoms with E-state index in [1.165, 1.54) is 6.92 Å². The van der Waals surface area contributed by atoms with E-state index in [1.807, 2.05) is 0 Å². The van der Waals surface area contributed by atoms with Gasteiger partial charge in [0.15, 0.2) is 0 Å². The van der Waals surface area contributed by atoms with Crippen LogP contribution in [0.25, 0.3) is 0 Å². The molecule has 0 aromatic carbocycles. The van der Waals surface area contributed by atoms with Gasteiger partial charge in [0.25, 0.3) is 6.17 Å². The lowest BCUT2D eigenvalue weighted by Crippen LogP contribution is -2.47. The molecule has 0 saturated carbocycles. The molecule has 0 aliphatic heterocycles. The Hall–Kier alpha value is -0.470. The SMILES string of the molecule is CCCS(=O)(=O)C(F)(F)C(F)C(F)(F)F. The van der Waals surface area contributed by atoms with Gasteiger partial charge in [0, 0.05) is 0 Å². The van der Waals surface area contributed by atoms with Crippen molar-refractivity contribution in [3.8, 4) is 0 Å². The molecule has 2 nitrogen and oxygen atoms in total. The summed E-state index contributed by atoms with van der Waals surface area (Å²) in [5, 5.41) is -5.43. The lowest BCUT2D eigenvalue weighted by atomic mass is 10.4. The first-order valence-electron chi connectivity index (χ1n) is 3.77. The summed E-state index contributed by atoms with van der Waals surface area (Å²) in [5.41, 5.74) is 0. The fourth-order valence-electron chi connectivity index (χ4n) is 0.753. The van der Waals surface area contributed by atoms with Gasteiger partial charge in [-0.2, -0.15) is 22.0 Å². The summed E-state index contributed by atoms with van der Waals surface area (Å²) in [5.74, 6) is -1.20. The quantitative estimate of drug-likeness (QED) is 0.725. The van der Waals surface area contributed by atoms with Crippen LogP contribution in [-0.4, -0.2) is 31.8 Å². The highest BCUT2D eigenvalue weighted by Crippen LogP contribution is 2.38. The highest BCUT2D eigenvalue weighted by Gasteiger charge is 2.63. The minimum absolute atomic E-state index is 0.317. The van der Waals surface area contributed by atoms with E-state index < -0.39 is 33.2 Å². The molecule has 0 N–H and O–H groups in total. The molecule has 9 heteroatoms. The predicted molar refractivity (Wildman–Crippen MR) is 40.0 cm³/mol. The van der Waals surface area contributed by atoms with Gasteiger partial charge in [0.05, 0.1) is 5.75 Å². The minimum atomic E-state index is -5.90. The fraction of sp³-hybridized carbons (Fsp3) is 1.00. The fourth-order valence-corrected chi connectivity index (χ4v) is 2.01. The second-order valence-electron chi connectivity index (χ2n) is 2.78. The smallest absolute Gasteiger partial charge is 0.229 e. The van der Waals surface area contributed by atoms with Crippen molar-refractivity contribution in [2.75, 3.05) is 5.75 Å². The first-order chi connectivity index (χ1) is 6.47. The largest absolute Gasteiger partial charge is 0.426 e. The van der Waals surface area contributed by atoms with Crippen LogP contribution in [0.5, 0.6) is 0 Å². The molecule has 0 spiro atoms. The molecular weight excluding hydrogens is 250 g/mol. The molecule has 0 amide bonds. The number of halogens is 6. The average molecular weight is 258 g/mol. The summed E-state index contributed by atoms with van der Waals surface area (Å²) in [6, 6.07) is 0. The Morgan fingerprint density at radius 3 is 1.80 bits per heavy atom. The number of hydrogen-bond donors (Lipinski definition) is 0. The molecule has 0 aromatic rings. The lowest BCUT2D eigenvalue weighted by Gasteiger charge is -2.22. The van der Waals surface area contributed by atoms with Crippen molar-refractivity contribution in [3.63, 3.8) is 0 Å². The van der Waals surface area contributed by atoms with Crippen molar-refractivity contribution >= 4 is 9.84 Å². The number of sulfone groups is 1. The van der Waals surface area contributed by atoms with Crippen LogP contribution in [0.15, 0.2) is 0 Å². The van der Waals surface area contributed by atoms with Crippen molar-refractivity contribution in [2.45, 2.75) is 30.9 Å². The van der Waals surface area contributed by atoms with E-state index >= 15 is 0 Å². The molecule has 0 aliphatic carbocycles. The van der Waals surface area contributed by atoms with E-state index in [-0.39, 0.29) is 6.42 Å². The second kappa shape index (κ2) is 4.18. The first kappa shape index (κ1) is 14.5. The molecule has 1 unspecified atom stereocenters. The molecule has 0 aliphatic rings. The first-order valence-corrected chi connectivity index (χ1v) is 5.43. The molecule has 92 valence electrons. The third-order valence-corrected chi connectivity index (χ3v) is 3.45. The van der Waals surface area contributed by atoms with Gasteiger partial charge in [-0.25, -0.2) is 12.8 Å². The molecule has 0 rings (SSSR count). The Morgan fingerprint density at radius 1 is 1.13 bits per heavy atom. The zero-order valence-corrected chi connectivity index (χ0v) is 8.30. The average Bonchev–Trinajstić information content (AvgIpc) is 2.00. The highest BCUT2D eigenvalue weighted by atomic mass is 32.2. The van der Waals surface area contributed by atoms with Gasteiger partial charge in [-0.3, -0.25) is 0 Å². The zero-order valence-electron chi connectivity index (χ0n) is 7.48. The van der Waals surface area contributed by atoms with Crippen LogP contribution in [0.1, 0.15) is 13.3 Å². The Morgan fingerprint density at radius 2 is 1.53 bits per heavy atom. The Kier molecular flexibility index (Phi) is 4.05. The monoisotopic (exact) mass is 258 g/mol. The van der Waals surface area contributed by atoms with Crippen molar-refractivity contribution in [3.05, 3.63) is 0 Å². The van der Waals surface area contributed by atoms with E-state index in [2.05, 4.69) is 0 Å². The molecule has 0 radical (unpaired) electrons. The molecule has 1 atom stereocenters. The van der Waals surface area contributed by atoms with Crippen LogP contribution in [0.2, 0.25) is 0 Å². The molecule has 0 fully saturated rings. The minimum Gasteiger partial charge on any atom is -0.229 e. The topological polar surface area (TPSA) is 34.1 Å². The van der Waals surface area contributed by atoms with Gasteiger partial charge in [-0.05, 0) is 6.42 Å². The van der Waals surface area contributed by atoms with Gasteiger partial charge in [0.1, 0.15) is 0 Å². The van der Waals surface area contributed by atoms with Crippen LogP contribution < -0.4 is 0 Å². The van der Waals surface area contributed by atoms with Crippen LogP contribution >= 0.6 is 0 Å². The van der Waals surface area contributed by atoms with Crippen LogP contribution in [0, 0.1) is 0 Å². The number of rotatable bonds is 4. The van der Waals surface area contributed by atoms with Gasteiger partial charge < -0.3 is 0 Å². The van der Waals surface area contributed by atoms with Crippen LogP contribution in [0.4, 0.5) is 26.3 Å². The summed E-state index contributed by atoms with van der Waals surface area (Å²) in [7, 11) is -5.42. The molecule has 0 bridgehead atoms. The predicted octanol–water partition coefficient (Wildman–Crippen LogP) is 2.30. The normalized spacial score (nSPS) is 16.5. The van der Waals surface area contributed by atoms with Crippen molar-refractivity contribution in [2.24, 2.45) is 0 Å². The number of alkyl halides is 6. The van der Waals surface area contributed by atoms with Crippen molar-refractivity contribution in [1.29, 1.82) is 0 Å². The van der Waals surface area contributed by atoms with Crippen molar-refractivity contribution < 1.29 is 34.8 Å². The van der Waals surface area contributed by atoms with E-state index in [1.54, 1.807) is 0 Å². The van der Waals surface area contributed by atoms with Crippen LogP contribution in [-0.2, 0) is 9.84 Å². The Labute approximate surface area is 82.2 Å². The van der Waals surface area contributed by atoms with E-state index in [4.69, 9.17) is 0 Å². The standard InChI is InChI=1S/C6H8F6O2S/c1-2-3-15(13,14)6(11,12)4(7)5(8,9)10/h4H,2-3H2,1H3. The summed E-state index contributed by atoms with van der Waals surface area (Å²) in [4.78, 5) is 0. The van der Waals surface area contributed by atoms with E-state index in [0.29, 0.717) is 0 Å². The Bertz CT molecular complexity index is 306. The zero-order chi connectivity index (χ0) is 12.5. The summed E-state index contributed by atoms with van der Waals surface area (Å²) < 4.78 is 93.5. The van der Waals surface area contributed by atoms with Gasteiger partial charge in [-0.15, -0.1) is 0 Å². The summed E-state index contributed by atoms with van der Waals surface area (Å²) in [6.07, 6.45) is -10.9. The maximum atomic E-state index is 12.6. The van der Waals surface area contributed by atoms with Gasteiger partial charge >= 0.3 is 11.4 Å². The Balaban J connectivity index is 5.15. The molecule has 0 aromatic heterocycles. The van der Waals surface area contributed by atoms with Gasteiger partial charge in [0.2, 0.25) is 9.84 Å². The van der Waals surface area contributed by atoms with E-state index in [9.17, 15) is 34.8 Å². The maximum absolute atomic E-state index is 12.6. The molecule has 0 heterocycles. The summed E-state index contributed by atoms with van der Waals surface area (Å²) >= 11 is 0. The third kappa shape index (κ3) is 2.99. The highest BCUT2D eigenvalue weighted by molar-refractivity contribution is 7.92. The number of hydrogen-bond acceptors (Lipinski definition) is 2. The third-order valence-electron chi connectivity index (χ3n) is 1.47. The molecule has 0 saturated heterocycles. The maximum Gasteiger partial charge on any atom is 0.426 e. The van der Waals surface area contributed by atoms with E-state index in [0.717, 1.165) is 0 Å². The van der Waals surface area contributed by atoms with Crippen molar-refractivity contribution in [1.82, 2.24) is 0 Å². The lowest BCUT2D eigenvalue weighted by molar-refractivity contribution is -0.221. The van der Waals surface area contributed by atoms with Crippen LogP contribution in [0.3, 0.4) is 0 Å². The summed E-state index contributed by atoms with van der Waals surface area (Å²) in [6.45, 7) is 1.18. The van der Waals surface area contributed by atoms with Gasteiger partial charge in [-0.1, -0.05) is 6.92 Å². The second-order valence-corrected chi connectivity index (χ2v) is 4.97.